The lowest BCUT2D eigenvalue weighted by Crippen LogP contribution is -1.94. The van der Waals surface area contributed by atoms with Gasteiger partial charge in [0.05, 0.1) is 7.11 Å². The standard InChI is InChI=1S/C4H8O2.C2H6O/c1-3-4(5)6-2;1-3-2/h3H2,1-2H3;1-2H3. The number of rotatable bonds is 1. The molecule has 9 heavy (non-hydrogen) atoms. The topological polar surface area (TPSA) is 35.5 Å². The van der Waals surface area contributed by atoms with Crippen LogP contribution in [0.2, 0.25) is 0 Å². The molecule has 0 aromatic rings. The molecule has 0 N–H and O–H groups in total. The quantitative estimate of drug-likeness (QED) is 0.498. The highest BCUT2D eigenvalue weighted by Gasteiger charge is 1.87. The Morgan fingerprint density at radius 2 is 1.67 bits per heavy atom. The summed E-state index contributed by atoms with van der Waals surface area (Å²) in [7, 11) is 4.63. The smallest absolute Gasteiger partial charge is 0.305 e. The third-order valence-electron chi connectivity index (χ3n) is 0.516. The molecule has 0 atom stereocenters. The van der Waals surface area contributed by atoms with Crippen LogP contribution < -0.4 is 0 Å². The Labute approximate surface area is 56.0 Å². The summed E-state index contributed by atoms with van der Waals surface area (Å²) < 4.78 is 8.51. The van der Waals surface area contributed by atoms with E-state index in [4.69, 9.17) is 0 Å². The highest BCUT2D eigenvalue weighted by Crippen LogP contribution is 1.76. The Morgan fingerprint density at radius 1 is 1.33 bits per heavy atom. The van der Waals surface area contributed by atoms with E-state index < -0.39 is 0 Å². The van der Waals surface area contributed by atoms with Gasteiger partial charge in [-0.25, -0.2) is 0 Å². The van der Waals surface area contributed by atoms with Gasteiger partial charge < -0.3 is 9.47 Å². The molecule has 0 spiro atoms. The number of carbonyl (C=O) groups excluding carboxylic acids is 1. The van der Waals surface area contributed by atoms with E-state index in [-0.39, 0.29) is 5.97 Å². The predicted molar refractivity (Wildman–Crippen MR) is 35.2 cm³/mol. The second kappa shape index (κ2) is 10.4. The Hall–Kier alpha value is -0.570. The molecule has 0 aromatic heterocycles. The molecule has 0 bridgehead atoms. The molecule has 0 rings (SSSR count). The first-order chi connectivity index (χ1) is 4.22. The van der Waals surface area contributed by atoms with Crippen molar-refractivity contribution in [2.75, 3.05) is 21.3 Å². The van der Waals surface area contributed by atoms with E-state index in [1.54, 1.807) is 21.1 Å². The van der Waals surface area contributed by atoms with Crippen LogP contribution in [0.4, 0.5) is 0 Å². The molecule has 0 fully saturated rings. The van der Waals surface area contributed by atoms with Crippen LogP contribution in [-0.2, 0) is 14.3 Å². The Morgan fingerprint density at radius 3 is 1.67 bits per heavy atom. The van der Waals surface area contributed by atoms with Gasteiger partial charge in [-0.2, -0.15) is 0 Å². The first-order valence-corrected chi connectivity index (χ1v) is 2.69. The van der Waals surface area contributed by atoms with Gasteiger partial charge in [-0.3, -0.25) is 4.79 Å². The van der Waals surface area contributed by atoms with Crippen LogP contribution in [0.1, 0.15) is 13.3 Å². The van der Waals surface area contributed by atoms with E-state index in [0.717, 1.165) is 0 Å². The van der Waals surface area contributed by atoms with E-state index >= 15 is 0 Å². The predicted octanol–water partition coefficient (Wildman–Crippen LogP) is 0.832. The fourth-order valence-electron chi connectivity index (χ4n) is 0.144. The van der Waals surface area contributed by atoms with Gasteiger partial charge in [0, 0.05) is 20.6 Å². The monoisotopic (exact) mass is 134 g/mol. The molecular weight excluding hydrogens is 120 g/mol. The maximum atomic E-state index is 9.96. The third kappa shape index (κ3) is 18.6. The molecule has 0 aliphatic heterocycles. The molecule has 56 valence electrons. The van der Waals surface area contributed by atoms with Gasteiger partial charge in [-0.05, 0) is 0 Å². The Bertz CT molecular complexity index is 55.3. The SMILES string of the molecule is CCC(=O)OC.COC. The van der Waals surface area contributed by atoms with Crippen molar-refractivity contribution in [1.29, 1.82) is 0 Å². The fourth-order valence-corrected chi connectivity index (χ4v) is 0.144. The van der Waals surface area contributed by atoms with Crippen molar-refractivity contribution in [3.8, 4) is 0 Å². The van der Waals surface area contributed by atoms with Crippen molar-refractivity contribution in [1.82, 2.24) is 0 Å². The highest BCUT2D eigenvalue weighted by atomic mass is 16.5. The summed E-state index contributed by atoms with van der Waals surface area (Å²) in [6.07, 6.45) is 0.469. The number of hydrogen-bond acceptors (Lipinski definition) is 3. The Balaban J connectivity index is 0. The van der Waals surface area contributed by atoms with Crippen molar-refractivity contribution < 1.29 is 14.3 Å². The average molecular weight is 134 g/mol. The number of carbonyl (C=O) groups is 1. The van der Waals surface area contributed by atoms with Gasteiger partial charge in [0.15, 0.2) is 0 Å². The lowest BCUT2D eigenvalue weighted by Gasteiger charge is -1.87. The third-order valence-corrected chi connectivity index (χ3v) is 0.516. The first kappa shape index (κ1) is 11.3. The maximum absolute atomic E-state index is 9.96. The van der Waals surface area contributed by atoms with Crippen LogP contribution in [0.5, 0.6) is 0 Å². The molecule has 0 saturated heterocycles. The molecule has 3 nitrogen and oxygen atoms in total. The van der Waals surface area contributed by atoms with Gasteiger partial charge in [0.1, 0.15) is 0 Å². The van der Waals surface area contributed by atoms with Crippen LogP contribution in [0, 0.1) is 0 Å². The summed E-state index contributed by atoms with van der Waals surface area (Å²) >= 11 is 0. The molecule has 0 aliphatic carbocycles. The first-order valence-electron chi connectivity index (χ1n) is 2.69. The zero-order valence-corrected chi connectivity index (χ0v) is 6.43. The van der Waals surface area contributed by atoms with Crippen LogP contribution in [0.25, 0.3) is 0 Å². The molecule has 0 heterocycles. The van der Waals surface area contributed by atoms with Crippen LogP contribution in [0.15, 0.2) is 0 Å². The van der Waals surface area contributed by atoms with Crippen molar-refractivity contribution in [2.24, 2.45) is 0 Å². The zero-order chi connectivity index (χ0) is 7.70. The minimum Gasteiger partial charge on any atom is -0.469 e. The van der Waals surface area contributed by atoms with E-state index in [9.17, 15) is 4.79 Å². The van der Waals surface area contributed by atoms with E-state index in [1.807, 2.05) is 0 Å². The van der Waals surface area contributed by atoms with Crippen molar-refractivity contribution in [2.45, 2.75) is 13.3 Å². The van der Waals surface area contributed by atoms with Gasteiger partial charge in [-0.15, -0.1) is 0 Å². The minimum absolute atomic E-state index is 0.157. The Kier molecular flexibility index (Phi) is 13.0. The summed E-state index contributed by atoms with van der Waals surface area (Å²) in [5.41, 5.74) is 0. The average Bonchev–Trinajstić information content (AvgIpc) is 1.88. The summed E-state index contributed by atoms with van der Waals surface area (Å²) in [5, 5.41) is 0. The van der Waals surface area contributed by atoms with Crippen LogP contribution >= 0.6 is 0 Å². The second-order valence-electron chi connectivity index (χ2n) is 1.34. The minimum atomic E-state index is -0.157. The molecule has 0 unspecified atom stereocenters. The normalized spacial score (nSPS) is 7.11. The second-order valence-corrected chi connectivity index (χ2v) is 1.34. The summed E-state index contributed by atoms with van der Waals surface area (Å²) in [5.74, 6) is -0.157. The van der Waals surface area contributed by atoms with Crippen LogP contribution in [-0.4, -0.2) is 27.3 Å². The van der Waals surface area contributed by atoms with Crippen molar-refractivity contribution >= 4 is 5.97 Å². The molecule has 0 amide bonds. The highest BCUT2D eigenvalue weighted by molar-refractivity contribution is 5.68. The van der Waals surface area contributed by atoms with Gasteiger partial charge in [-0.1, -0.05) is 6.92 Å². The number of methoxy groups -OCH3 is 2. The summed E-state index contributed by atoms with van der Waals surface area (Å²) in [6.45, 7) is 1.76. The summed E-state index contributed by atoms with van der Waals surface area (Å²) in [6, 6.07) is 0. The molecule has 0 aliphatic rings. The summed E-state index contributed by atoms with van der Waals surface area (Å²) in [4.78, 5) is 9.96. The number of hydrogen-bond donors (Lipinski definition) is 0. The lowest BCUT2D eigenvalue weighted by molar-refractivity contribution is -0.140. The van der Waals surface area contributed by atoms with E-state index in [0.29, 0.717) is 6.42 Å². The van der Waals surface area contributed by atoms with Gasteiger partial charge in [0.2, 0.25) is 0 Å². The number of esters is 1. The molecule has 0 aromatic carbocycles. The maximum Gasteiger partial charge on any atom is 0.305 e. The largest absolute Gasteiger partial charge is 0.469 e. The molecule has 3 heteroatoms. The van der Waals surface area contributed by atoms with Gasteiger partial charge in [0.25, 0.3) is 0 Å². The van der Waals surface area contributed by atoms with Crippen LogP contribution in [0.3, 0.4) is 0 Å². The molecular formula is C6H14O3. The molecule has 0 radical (unpaired) electrons. The zero-order valence-electron chi connectivity index (χ0n) is 6.43. The van der Waals surface area contributed by atoms with Crippen molar-refractivity contribution in [3.63, 3.8) is 0 Å². The van der Waals surface area contributed by atoms with Crippen molar-refractivity contribution in [3.05, 3.63) is 0 Å². The van der Waals surface area contributed by atoms with Gasteiger partial charge >= 0.3 is 5.97 Å². The lowest BCUT2D eigenvalue weighted by atomic mass is 10.5. The molecule has 0 saturated carbocycles. The number of ether oxygens (including phenoxy) is 2. The van der Waals surface area contributed by atoms with E-state index in [1.165, 1.54) is 7.11 Å². The van der Waals surface area contributed by atoms with E-state index in [2.05, 4.69) is 9.47 Å². The fraction of sp³-hybridized carbons (Fsp3) is 0.833.